The standard InChI is InChI=1S/C11H16N4S/c1-14(2)11-13-7-10(15(11)3)6-12-9-4-5-16-8-9/h4-5,7-8,12H,6H2,1-3H3. The lowest BCUT2D eigenvalue weighted by molar-refractivity contribution is 0.814. The fraction of sp³-hybridized carbons (Fsp3) is 0.364. The predicted molar refractivity (Wildman–Crippen MR) is 69.2 cm³/mol. The number of hydrogen-bond donors (Lipinski definition) is 1. The number of imidazole rings is 1. The molecule has 0 saturated heterocycles. The highest BCUT2D eigenvalue weighted by molar-refractivity contribution is 7.08. The molecule has 5 heteroatoms. The van der Waals surface area contributed by atoms with Crippen LogP contribution in [0.4, 0.5) is 11.6 Å². The fourth-order valence-corrected chi connectivity index (χ4v) is 2.18. The van der Waals surface area contributed by atoms with Crippen LogP contribution in [0.15, 0.2) is 23.0 Å². The van der Waals surface area contributed by atoms with Gasteiger partial charge in [-0.2, -0.15) is 11.3 Å². The van der Waals surface area contributed by atoms with Crippen LogP contribution >= 0.6 is 11.3 Å². The third-order valence-corrected chi connectivity index (χ3v) is 3.14. The maximum absolute atomic E-state index is 4.37. The molecule has 86 valence electrons. The summed E-state index contributed by atoms with van der Waals surface area (Å²) in [4.78, 5) is 6.37. The maximum Gasteiger partial charge on any atom is 0.204 e. The molecule has 2 aromatic heterocycles. The van der Waals surface area contributed by atoms with Crippen molar-refractivity contribution in [3.8, 4) is 0 Å². The molecule has 4 nitrogen and oxygen atoms in total. The molecule has 0 aliphatic carbocycles. The molecule has 2 rings (SSSR count). The van der Waals surface area contributed by atoms with Crippen LogP contribution in [0.1, 0.15) is 5.69 Å². The van der Waals surface area contributed by atoms with Crippen LogP contribution in [0.3, 0.4) is 0 Å². The van der Waals surface area contributed by atoms with Crippen LogP contribution in [-0.4, -0.2) is 23.6 Å². The minimum absolute atomic E-state index is 0.800. The van der Waals surface area contributed by atoms with Crippen LogP contribution in [0.25, 0.3) is 0 Å². The Morgan fingerprint density at radius 2 is 2.31 bits per heavy atom. The van der Waals surface area contributed by atoms with Gasteiger partial charge in [-0.05, 0) is 11.4 Å². The van der Waals surface area contributed by atoms with Gasteiger partial charge in [0.05, 0.1) is 18.4 Å². The minimum Gasteiger partial charge on any atom is -0.379 e. The van der Waals surface area contributed by atoms with Crippen molar-refractivity contribution in [2.45, 2.75) is 6.54 Å². The lowest BCUT2D eigenvalue weighted by Crippen LogP contribution is -2.15. The molecule has 0 amide bonds. The first-order chi connectivity index (χ1) is 7.68. The Kier molecular flexibility index (Phi) is 3.14. The van der Waals surface area contributed by atoms with Crippen molar-refractivity contribution in [1.29, 1.82) is 0 Å². The molecule has 0 aliphatic rings. The Labute approximate surface area is 99.5 Å². The van der Waals surface area contributed by atoms with E-state index in [2.05, 4.69) is 31.7 Å². The van der Waals surface area contributed by atoms with Crippen molar-refractivity contribution < 1.29 is 0 Å². The highest BCUT2D eigenvalue weighted by atomic mass is 32.1. The van der Waals surface area contributed by atoms with E-state index in [1.165, 1.54) is 5.69 Å². The molecule has 0 spiro atoms. The minimum atomic E-state index is 0.800. The Balaban J connectivity index is 2.05. The van der Waals surface area contributed by atoms with E-state index in [1.54, 1.807) is 11.3 Å². The fourth-order valence-electron chi connectivity index (χ4n) is 1.57. The van der Waals surface area contributed by atoms with E-state index >= 15 is 0 Å². The summed E-state index contributed by atoms with van der Waals surface area (Å²) in [6, 6.07) is 2.08. The second-order valence-electron chi connectivity index (χ2n) is 3.87. The highest BCUT2D eigenvalue weighted by Crippen LogP contribution is 2.15. The molecule has 0 fully saturated rings. The topological polar surface area (TPSA) is 33.1 Å². The van der Waals surface area contributed by atoms with Crippen molar-refractivity contribution in [2.24, 2.45) is 7.05 Å². The normalized spacial score (nSPS) is 10.4. The Bertz CT molecular complexity index is 445. The first-order valence-corrected chi connectivity index (χ1v) is 6.06. The average Bonchev–Trinajstić information content (AvgIpc) is 2.84. The van der Waals surface area contributed by atoms with E-state index in [1.807, 2.05) is 32.2 Å². The Morgan fingerprint density at radius 1 is 1.50 bits per heavy atom. The lowest BCUT2D eigenvalue weighted by atomic mass is 10.4. The van der Waals surface area contributed by atoms with Crippen molar-refractivity contribution in [2.75, 3.05) is 24.3 Å². The van der Waals surface area contributed by atoms with Gasteiger partial charge in [-0.3, -0.25) is 0 Å². The number of hydrogen-bond acceptors (Lipinski definition) is 4. The lowest BCUT2D eigenvalue weighted by Gasteiger charge is -2.12. The van der Waals surface area contributed by atoms with Gasteiger partial charge in [0.15, 0.2) is 0 Å². The molecular formula is C11H16N4S. The van der Waals surface area contributed by atoms with Crippen LogP contribution in [0.5, 0.6) is 0 Å². The zero-order valence-electron chi connectivity index (χ0n) is 9.77. The molecule has 1 N–H and O–H groups in total. The third-order valence-electron chi connectivity index (χ3n) is 2.45. The first-order valence-electron chi connectivity index (χ1n) is 5.12. The summed E-state index contributed by atoms with van der Waals surface area (Å²) in [5, 5.41) is 7.53. The van der Waals surface area contributed by atoms with Gasteiger partial charge >= 0.3 is 0 Å². The quantitative estimate of drug-likeness (QED) is 0.883. The second kappa shape index (κ2) is 4.57. The first kappa shape index (κ1) is 11.0. The van der Waals surface area contributed by atoms with E-state index in [0.29, 0.717) is 0 Å². The number of aromatic nitrogens is 2. The summed E-state index contributed by atoms with van der Waals surface area (Å²) in [5.74, 6) is 0.974. The second-order valence-corrected chi connectivity index (χ2v) is 4.65. The molecule has 2 aromatic rings. The van der Waals surface area contributed by atoms with Gasteiger partial charge in [0.25, 0.3) is 0 Å². The van der Waals surface area contributed by atoms with Gasteiger partial charge in [-0.1, -0.05) is 0 Å². The van der Waals surface area contributed by atoms with Gasteiger partial charge in [0.2, 0.25) is 5.95 Å². The number of anilines is 2. The molecule has 0 radical (unpaired) electrons. The average molecular weight is 236 g/mol. The van der Waals surface area contributed by atoms with E-state index in [9.17, 15) is 0 Å². The SMILES string of the molecule is CN(C)c1ncc(CNc2ccsc2)n1C. The summed E-state index contributed by atoms with van der Waals surface area (Å²) in [7, 11) is 6.03. The monoisotopic (exact) mass is 236 g/mol. The molecule has 0 aliphatic heterocycles. The molecule has 0 atom stereocenters. The van der Waals surface area contributed by atoms with Gasteiger partial charge in [-0.15, -0.1) is 0 Å². The van der Waals surface area contributed by atoms with Crippen LogP contribution in [-0.2, 0) is 13.6 Å². The number of thiophene rings is 1. The summed E-state index contributed by atoms with van der Waals surface area (Å²) in [6.07, 6.45) is 1.91. The van der Waals surface area contributed by atoms with Gasteiger partial charge in [0.1, 0.15) is 0 Å². The molecular weight excluding hydrogens is 220 g/mol. The maximum atomic E-state index is 4.37. The zero-order valence-corrected chi connectivity index (χ0v) is 10.6. The molecule has 16 heavy (non-hydrogen) atoms. The van der Waals surface area contributed by atoms with E-state index in [0.717, 1.165) is 18.2 Å². The number of nitrogens with zero attached hydrogens (tertiary/aromatic N) is 3. The third kappa shape index (κ3) is 2.19. The Hall–Kier alpha value is -1.49. The van der Waals surface area contributed by atoms with Crippen LogP contribution < -0.4 is 10.2 Å². The largest absolute Gasteiger partial charge is 0.379 e. The smallest absolute Gasteiger partial charge is 0.204 e. The molecule has 0 bridgehead atoms. The Morgan fingerprint density at radius 3 is 2.88 bits per heavy atom. The molecule has 2 heterocycles. The molecule has 0 unspecified atom stereocenters. The van der Waals surface area contributed by atoms with Crippen molar-refractivity contribution >= 4 is 23.0 Å². The number of nitrogens with one attached hydrogen (secondary N) is 1. The molecule has 0 aromatic carbocycles. The summed E-state index contributed by atoms with van der Waals surface area (Å²) in [5.41, 5.74) is 2.34. The predicted octanol–water partition coefficient (Wildman–Crippen LogP) is 2.16. The summed E-state index contributed by atoms with van der Waals surface area (Å²) < 4.78 is 2.10. The van der Waals surface area contributed by atoms with Crippen molar-refractivity contribution in [3.63, 3.8) is 0 Å². The molecule has 0 saturated carbocycles. The van der Waals surface area contributed by atoms with Gasteiger partial charge in [-0.25, -0.2) is 4.98 Å². The van der Waals surface area contributed by atoms with E-state index < -0.39 is 0 Å². The summed E-state index contributed by atoms with van der Waals surface area (Å²) in [6.45, 7) is 0.800. The van der Waals surface area contributed by atoms with E-state index in [4.69, 9.17) is 0 Å². The van der Waals surface area contributed by atoms with Gasteiger partial charge < -0.3 is 14.8 Å². The zero-order chi connectivity index (χ0) is 11.5. The van der Waals surface area contributed by atoms with E-state index in [-0.39, 0.29) is 0 Å². The summed E-state index contributed by atoms with van der Waals surface area (Å²) >= 11 is 1.70. The highest BCUT2D eigenvalue weighted by Gasteiger charge is 2.07. The van der Waals surface area contributed by atoms with Crippen molar-refractivity contribution in [1.82, 2.24) is 9.55 Å². The van der Waals surface area contributed by atoms with Crippen LogP contribution in [0.2, 0.25) is 0 Å². The van der Waals surface area contributed by atoms with Gasteiger partial charge in [0, 0.05) is 32.2 Å². The van der Waals surface area contributed by atoms with Crippen LogP contribution in [0, 0.1) is 0 Å². The van der Waals surface area contributed by atoms with Crippen molar-refractivity contribution in [3.05, 3.63) is 28.7 Å². The number of rotatable bonds is 4.